The van der Waals surface area contributed by atoms with Gasteiger partial charge in [-0.2, -0.15) is 4.98 Å². The number of rotatable bonds is 8. The summed E-state index contributed by atoms with van der Waals surface area (Å²) in [4.78, 5) is 7.34. The van der Waals surface area contributed by atoms with Gasteiger partial charge in [-0.15, -0.1) is 0 Å². The molecule has 1 N–H and O–H groups in total. The normalized spacial score (nSPS) is 10.5. The summed E-state index contributed by atoms with van der Waals surface area (Å²) in [6, 6.07) is 0. The van der Waals surface area contributed by atoms with Crippen molar-refractivity contribution in [3.63, 3.8) is 0 Å². The third kappa shape index (κ3) is 5.82. The molecule has 0 saturated heterocycles. The Morgan fingerprint density at radius 1 is 1.24 bits per heavy atom. The number of anilines is 1. The fourth-order valence-electron chi connectivity index (χ4n) is 1.58. The van der Waals surface area contributed by atoms with E-state index in [2.05, 4.69) is 22.2 Å². The molecule has 0 aliphatic heterocycles. The standard InChI is InChI=1S/C12H19ClFN3/c1-2-3-4-5-6-7-8-15-11-10(14)9-16-12(13)17-11/h9H,2-8H2,1H3,(H,15,16,17). The van der Waals surface area contributed by atoms with Crippen LogP contribution in [-0.2, 0) is 0 Å². The lowest BCUT2D eigenvalue weighted by atomic mass is 10.1. The van der Waals surface area contributed by atoms with Gasteiger partial charge in [0.25, 0.3) is 0 Å². The molecule has 0 aliphatic rings. The molecule has 1 heterocycles. The van der Waals surface area contributed by atoms with Gasteiger partial charge in [0, 0.05) is 6.54 Å². The van der Waals surface area contributed by atoms with Crippen molar-refractivity contribution < 1.29 is 4.39 Å². The second-order valence-corrected chi connectivity index (χ2v) is 4.37. The highest BCUT2D eigenvalue weighted by molar-refractivity contribution is 6.28. The minimum Gasteiger partial charge on any atom is -0.367 e. The Labute approximate surface area is 107 Å². The molecule has 17 heavy (non-hydrogen) atoms. The molecule has 1 aromatic rings. The van der Waals surface area contributed by atoms with Crippen molar-refractivity contribution in [2.75, 3.05) is 11.9 Å². The van der Waals surface area contributed by atoms with Crippen molar-refractivity contribution in [3.05, 3.63) is 17.3 Å². The van der Waals surface area contributed by atoms with E-state index in [9.17, 15) is 4.39 Å². The van der Waals surface area contributed by atoms with E-state index in [1.807, 2.05) is 0 Å². The van der Waals surface area contributed by atoms with Crippen LogP contribution in [0.2, 0.25) is 5.28 Å². The van der Waals surface area contributed by atoms with Crippen LogP contribution in [0, 0.1) is 5.82 Å². The maximum Gasteiger partial charge on any atom is 0.224 e. The van der Waals surface area contributed by atoms with Gasteiger partial charge in [0.15, 0.2) is 11.6 Å². The van der Waals surface area contributed by atoms with Crippen molar-refractivity contribution in [1.82, 2.24) is 9.97 Å². The lowest BCUT2D eigenvalue weighted by molar-refractivity contribution is 0.605. The molecule has 0 bridgehead atoms. The number of nitrogens with one attached hydrogen (secondary N) is 1. The van der Waals surface area contributed by atoms with Crippen molar-refractivity contribution in [2.24, 2.45) is 0 Å². The summed E-state index contributed by atoms with van der Waals surface area (Å²) in [5, 5.41) is 3.00. The Hall–Kier alpha value is -0.900. The summed E-state index contributed by atoms with van der Waals surface area (Å²) < 4.78 is 13.2. The number of aromatic nitrogens is 2. The first-order chi connectivity index (χ1) is 8.24. The lowest BCUT2D eigenvalue weighted by Gasteiger charge is -2.06. The highest BCUT2D eigenvalue weighted by atomic mass is 35.5. The Balaban J connectivity index is 2.15. The van der Waals surface area contributed by atoms with E-state index in [1.54, 1.807) is 0 Å². The molecule has 0 atom stereocenters. The summed E-state index contributed by atoms with van der Waals surface area (Å²) in [5.74, 6) is -0.265. The maximum atomic E-state index is 13.2. The third-order valence-corrected chi connectivity index (χ3v) is 2.72. The molecule has 0 saturated carbocycles. The quantitative estimate of drug-likeness (QED) is 0.566. The molecule has 0 radical (unpaired) electrons. The number of unbranched alkanes of at least 4 members (excludes halogenated alkanes) is 5. The van der Waals surface area contributed by atoms with Crippen LogP contribution in [0.25, 0.3) is 0 Å². The van der Waals surface area contributed by atoms with E-state index in [0.29, 0.717) is 0 Å². The molecule has 5 heteroatoms. The molecular weight excluding hydrogens is 241 g/mol. The van der Waals surface area contributed by atoms with Crippen LogP contribution in [0.1, 0.15) is 45.4 Å². The molecule has 0 aliphatic carbocycles. The van der Waals surface area contributed by atoms with Crippen molar-refractivity contribution in [2.45, 2.75) is 45.4 Å². The topological polar surface area (TPSA) is 37.8 Å². The van der Waals surface area contributed by atoms with Crippen LogP contribution in [0.5, 0.6) is 0 Å². The van der Waals surface area contributed by atoms with Gasteiger partial charge in [0.05, 0.1) is 6.20 Å². The van der Waals surface area contributed by atoms with Gasteiger partial charge in [0.2, 0.25) is 5.28 Å². The van der Waals surface area contributed by atoms with Crippen LogP contribution in [0.3, 0.4) is 0 Å². The van der Waals surface area contributed by atoms with Gasteiger partial charge in [-0.05, 0) is 18.0 Å². The first kappa shape index (κ1) is 14.2. The van der Waals surface area contributed by atoms with Crippen LogP contribution < -0.4 is 5.32 Å². The first-order valence-corrected chi connectivity index (χ1v) is 6.53. The van der Waals surface area contributed by atoms with E-state index in [0.717, 1.165) is 25.6 Å². The first-order valence-electron chi connectivity index (χ1n) is 6.16. The van der Waals surface area contributed by atoms with E-state index in [-0.39, 0.29) is 11.1 Å². The highest BCUT2D eigenvalue weighted by Gasteiger charge is 2.04. The maximum absolute atomic E-state index is 13.2. The number of hydrogen-bond acceptors (Lipinski definition) is 3. The zero-order chi connectivity index (χ0) is 12.5. The predicted octanol–water partition coefficient (Wildman–Crippen LogP) is 4.04. The van der Waals surface area contributed by atoms with Gasteiger partial charge in [0.1, 0.15) is 0 Å². The number of halogens is 2. The predicted molar refractivity (Wildman–Crippen MR) is 68.9 cm³/mol. The van der Waals surface area contributed by atoms with Crippen LogP contribution in [-0.4, -0.2) is 16.5 Å². The molecule has 0 fully saturated rings. The summed E-state index contributed by atoms with van der Waals surface area (Å²) in [6.45, 7) is 2.92. The lowest BCUT2D eigenvalue weighted by Crippen LogP contribution is -2.06. The van der Waals surface area contributed by atoms with Crippen molar-refractivity contribution >= 4 is 17.4 Å². The summed E-state index contributed by atoms with van der Waals surface area (Å²) in [7, 11) is 0. The zero-order valence-corrected chi connectivity index (χ0v) is 10.9. The number of hydrogen-bond donors (Lipinski definition) is 1. The molecule has 1 rings (SSSR count). The second-order valence-electron chi connectivity index (χ2n) is 4.03. The van der Waals surface area contributed by atoms with Crippen LogP contribution >= 0.6 is 11.6 Å². The van der Waals surface area contributed by atoms with E-state index >= 15 is 0 Å². The van der Waals surface area contributed by atoms with Gasteiger partial charge in [-0.3, -0.25) is 0 Å². The molecule has 0 aromatic carbocycles. The van der Waals surface area contributed by atoms with Crippen LogP contribution in [0.4, 0.5) is 10.2 Å². The SMILES string of the molecule is CCCCCCCCNc1nc(Cl)ncc1F. The minimum absolute atomic E-state index is 0.0665. The molecule has 3 nitrogen and oxygen atoms in total. The van der Waals surface area contributed by atoms with Gasteiger partial charge >= 0.3 is 0 Å². The van der Waals surface area contributed by atoms with Crippen molar-refractivity contribution in [1.29, 1.82) is 0 Å². The molecule has 0 spiro atoms. The molecule has 0 unspecified atom stereocenters. The fourth-order valence-corrected chi connectivity index (χ4v) is 1.72. The Kier molecular flexibility index (Phi) is 6.86. The van der Waals surface area contributed by atoms with E-state index in [4.69, 9.17) is 11.6 Å². The van der Waals surface area contributed by atoms with Gasteiger partial charge in [-0.1, -0.05) is 39.0 Å². The number of nitrogens with zero attached hydrogens (tertiary/aromatic N) is 2. The minimum atomic E-state index is -0.458. The molecule has 1 aromatic heterocycles. The molecular formula is C12H19ClFN3. The average Bonchev–Trinajstić information content (AvgIpc) is 2.32. The molecule has 96 valence electrons. The summed E-state index contributed by atoms with van der Waals surface area (Å²) in [6.07, 6.45) is 8.33. The van der Waals surface area contributed by atoms with Gasteiger partial charge in [-0.25, -0.2) is 9.37 Å². The fraction of sp³-hybridized carbons (Fsp3) is 0.667. The third-order valence-electron chi connectivity index (χ3n) is 2.54. The smallest absolute Gasteiger partial charge is 0.224 e. The van der Waals surface area contributed by atoms with Crippen LogP contribution in [0.15, 0.2) is 6.20 Å². The zero-order valence-electron chi connectivity index (χ0n) is 10.2. The summed E-state index contributed by atoms with van der Waals surface area (Å²) in [5.41, 5.74) is 0. The largest absolute Gasteiger partial charge is 0.367 e. The Morgan fingerprint density at radius 2 is 1.94 bits per heavy atom. The van der Waals surface area contributed by atoms with E-state index in [1.165, 1.54) is 25.7 Å². The van der Waals surface area contributed by atoms with Crippen molar-refractivity contribution in [3.8, 4) is 0 Å². The summed E-state index contributed by atoms with van der Waals surface area (Å²) >= 11 is 5.59. The highest BCUT2D eigenvalue weighted by Crippen LogP contribution is 2.12. The van der Waals surface area contributed by atoms with Gasteiger partial charge < -0.3 is 5.32 Å². The van der Waals surface area contributed by atoms with E-state index < -0.39 is 5.82 Å². The monoisotopic (exact) mass is 259 g/mol. The average molecular weight is 260 g/mol. The molecule has 0 amide bonds. The Morgan fingerprint density at radius 3 is 2.71 bits per heavy atom. The Bertz CT molecular complexity index is 334. The second kappa shape index (κ2) is 8.23.